The number of hydrogen-bond donors (Lipinski definition) is 3. The molecule has 0 atom stereocenters. The largest absolute Gasteiger partial charge is 0.483 e. The van der Waals surface area contributed by atoms with Crippen LogP contribution in [0, 0.1) is 12.3 Å². The third kappa shape index (κ3) is 6.16. The number of aryl methyl sites for hydroxylation is 1. The Hall–Kier alpha value is -3.35. The van der Waals surface area contributed by atoms with E-state index in [1.807, 2.05) is 37.3 Å². The maximum absolute atomic E-state index is 14.2. The first-order chi connectivity index (χ1) is 16.1. The van der Waals surface area contributed by atoms with Crippen LogP contribution in [0.25, 0.3) is 22.9 Å². The van der Waals surface area contributed by atoms with Crippen LogP contribution >= 0.6 is 0 Å². The Morgan fingerprint density at radius 3 is 2.50 bits per heavy atom. The van der Waals surface area contributed by atoms with Crippen LogP contribution in [-0.4, -0.2) is 30.5 Å². The second-order valence-electron chi connectivity index (χ2n) is 9.76. The van der Waals surface area contributed by atoms with E-state index in [0.717, 1.165) is 46.5 Å². The molecule has 0 aliphatic heterocycles. The highest BCUT2D eigenvalue weighted by atomic mass is 19.1. The van der Waals surface area contributed by atoms with Gasteiger partial charge in [0.25, 0.3) is 0 Å². The lowest BCUT2D eigenvalue weighted by atomic mass is 9.71. The van der Waals surface area contributed by atoms with Crippen molar-refractivity contribution in [2.45, 2.75) is 52.1 Å². The van der Waals surface area contributed by atoms with Crippen molar-refractivity contribution < 1.29 is 9.13 Å². The van der Waals surface area contributed by atoms with Crippen molar-refractivity contribution in [2.75, 3.05) is 19.4 Å². The molecular weight excluding hydrogens is 429 g/mol. The number of nitrogens with two attached hydrogens (primary N) is 3. The number of pyridine rings is 1. The molecular formula is C27H36FN5O. The summed E-state index contributed by atoms with van der Waals surface area (Å²) < 4.78 is 19.2. The fraction of sp³-hybridized carbons (Fsp3) is 0.407. The molecule has 3 rings (SSSR count). The van der Waals surface area contributed by atoms with Crippen molar-refractivity contribution in [3.05, 3.63) is 59.2 Å². The van der Waals surface area contributed by atoms with Crippen LogP contribution in [-0.2, 0) is 4.74 Å². The van der Waals surface area contributed by atoms with E-state index in [2.05, 4.69) is 6.92 Å². The van der Waals surface area contributed by atoms with Gasteiger partial charge < -0.3 is 21.9 Å². The highest BCUT2D eigenvalue weighted by Crippen LogP contribution is 2.42. The zero-order chi connectivity index (χ0) is 24.9. The fourth-order valence-corrected chi connectivity index (χ4v) is 4.18. The molecule has 1 saturated carbocycles. The number of aliphatic imine (C=N–C) groups is 1. The van der Waals surface area contributed by atoms with E-state index in [-0.39, 0.29) is 11.3 Å². The van der Waals surface area contributed by atoms with E-state index >= 15 is 0 Å². The minimum atomic E-state index is -1.06. The van der Waals surface area contributed by atoms with Gasteiger partial charge in [-0.15, -0.1) is 0 Å². The molecule has 0 saturated heterocycles. The number of benzene rings is 1. The number of allylic oxidation sites excluding steroid dienone is 1. The summed E-state index contributed by atoms with van der Waals surface area (Å²) in [5, 5.41) is 0. The van der Waals surface area contributed by atoms with Crippen molar-refractivity contribution in [2.24, 2.45) is 21.9 Å². The van der Waals surface area contributed by atoms with Gasteiger partial charge in [0.2, 0.25) is 0 Å². The van der Waals surface area contributed by atoms with Gasteiger partial charge >= 0.3 is 0 Å². The summed E-state index contributed by atoms with van der Waals surface area (Å²) >= 11 is 0. The first kappa shape index (κ1) is 25.3. The molecule has 1 aromatic carbocycles. The van der Waals surface area contributed by atoms with Crippen molar-refractivity contribution in [1.29, 1.82) is 0 Å². The molecule has 1 aliphatic carbocycles. The number of alkyl halides is 1. The van der Waals surface area contributed by atoms with Gasteiger partial charge in [-0.05, 0) is 57.1 Å². The third-order valence-corrected chi connectivity index (χ3v) is 6.62. The summed E-state index contributed by atoms with van der Waals surface area (Å²) in [6.07, 6.45) is 7.82. The number of halogens is 1. The zero-order valence-electron chi connectivity index (χ0n) is 20.6. The average Bonchev–Trinajstić information content (AvgIpc) is 2.80. The smallest absolute Gasteiger partial charge is 0.184 e. The van der Waals surface area contributed by atoms with Crippen LogP contribution in [0.1, 0.15) is 56.4 Å². The quantitative estimate of drug-likeness (QED) is 0.295. The van der Waals surface area contributed by atoms with Crippen molar-refractivity contribution in [3.8, 4) is 11.3 Å². The van der Waals surface area contributed by atoms with E-state index in [4.69, 9.17) is 31.9 Å². The standard InChI is InChI=1S/C27H36FN5O/c1-18-5-8-22(21(15-29)16-32-17-26(2)9-11-27(3,28)12-10-26)25(33-18)20-7-6-19(23(30)13-20)14-24(31)34-4/h5-8,13-16H,9-12,17,29-31H2,1-4H3/b21-15+,24-14+,32-16?. The zero-order valence-corrected chi connectivity index (χ0v) is 20.6. The fourth-order valence-electron chi connectivity index (χ4n) is 4.18. The molecule has 0 bridgehead atoms. The third-order valence-electron chi connectivity index (χ3n) is 6.62. The Morgan fingerprint density at radius 2 is 1.88 bits per heavy atom. The van der Waals surface area contributed by atoms with Crippen molar-refractivity contribution in [3.63, 3.8) is 0 Å². The van der Waals surface area contributed by atoms with E-state index < -0.39 is 5.67 Å². The summed E-state index contributed by atoms with van der Waals surface area (Å²) in [4.78, 5) is 9.48. The lowest BCUT2D eigenvalue weighted by Crippen LogP contribution is -2.34. The number of ether oxygens (including phenoxy) is 1. The van der Waals surface area contributed by atoms with Gasteiger partial charge in [-0.3, -0.25) is 9.98 Å². The average molecular weight is 466 g/mol. The Morgan fingerprint density at radius 1 is 1.18 bits per heavy atom. The van der Waals surface area contributed by atoms with Crippen LogP contribution < -0.4 is 17.2 Å². The highest BCUT2D eigenvalue weighted by Gasteiger charge is 2.37. The molecule has 0 unspecified atom stereocenters. The molecule has 182 valence electrons. The molecule has 7 heteroatoms. The predicted molar refractivity (Wildman–Crippen MR) is 140 cm³/mol. The lowest BCUT2D eigenvalue weighted by Gasteiger charge is -2.38. The first-order valence-electron chi connectivity index (χ1n) is 11.6. The molecule has 6 N–H and O–H groups in total. The number of nitrogen functional groups attached to an aromatic ring is 1. The summed E-state index contributed by atoms with van der Waals surface area (Å²) in [5.74, 6) is 0.279. The van der Waals surface area contributed by atoms with Crippen LogP contribution in [0.2, 0.25) is 0 Å². The molecule has 1 aromatic heterocycles. The SMILES string of the molecule is CO/C(N)=C/c1ccc(-c2nc(C)ccc2/C(C=NCC2(C)CCC(C)(F)CC2)=C/N)cc1N. The van der Waals surface area contributed by atoms with E-state index in [1.165, 1.54) is 7.11 Å². The number of aromatic nitrogens is 1. The lowest BCUT2D eigenvalue weighted by molar-refractivity contribution is 0.0663. The monoisotopic (exact) mass is 465 g/mol. The summed E-state index contributed by atoms with van der Waals surface area (Å²) in [6.45, 7) is 6.44. The van der Waals surface area contributed by atoms with E-state index in [1.54, 1.807) is 25.4 Å². The normalized spacial score (nSPS) is 23.9. The van der Waals surface area contributed by atoms with Crippen molar-refractivity contribution in [1.82, 2.24) is 4.98 Å². The van der Waals surface area contributed by atoms with Crippen LogP contribution in [0.3, 0.4) is 0 Å². The summed E-state index contributed by atoms with van der Waals surface area (Å²) in [7, 11) is 1.51. The number of hydrogen-bond acceptors (Lipinski definition) is 6. The number of nitrogens with zero attached hydrogens (tertiary/aromatic N) is 2. The minimum Gasteiger partial charge on any atom is -0.483 e. The molecule has 0 radical (unpaired) electrons. The maximum atomic E-state index is 14.2. The Bertz CT molecular complexity index is 1110. The van der Waals surface area contributed by atoms with Gasteiger partial charge in [0.15, 0.2) is 5.88 Å². The Kier molecular flexibility index (Phi) is 7.64. The molecule has 6 nitrogen and oxygen atoms in total. The molecule has 1 aliphatic rings. The molecule has 2 aromatic rings. The molecule has 34 heavy (non-hydrogen) atoms. The van der Waals surface area contributed by atoms with Gasteiger partial charge in [-0.1, -0.05) is 25.1 Å². The highest BCUT2D eigenvalue weighted by molar-refractivity contribution is 6.11. The van der Waals surface area contributed by atoms with Gasteiger partial charge in [0.05, 0.1) is 12.8 Å². The number of rotatable bonds is 7. The Labute approximate surface area is 201 Å². The minimum absolute atomic E-state index is 0.00197. The molecule has 1 heterocycles. The van der Waals surface area contributed by atoms with Gasteiger partial charge in [0.1, 0.15) is 5.67 Å². The number of anilines is 1. The van der Waals surface area contributed by atoms with Gasteiger partial charge in [0, 0.05) is 58.7 Å². The predicted octanol–water partition coefficient (Wildman–Crippen LogP) is 5.22. The maximum Gasteiger partial charge on any atom is 0.184 e. The second-order valence-corrected chi connectivity index (χ2v) is 9.76. The van der Waals surface area contributed by atoms with E-state index in [9.17, 15) is 4.39 Å². The van der Waals surface area contributed by atoms with Crippen LogP contribution in [0.15, 0.2) is 47.4 Å². The second kappa shape index (κ2) is 10.3. The van der Waals surface area contributed by atoms with Crippen molar-refractivity contribution >= 4 is 23.6 Å². The summed E-state index contributed by atoms with van der Waals surface area (Å²) in [5.41, 5.74) is 22.4. The van der Waals surface area contributed by atoms with Gasteiger partial charge in [-0.25, -0.2) is 4.39 Å². The first-order valence-corrected chi connectivity index (χ1v) is 11.6. The molecule has 0 spiro atoms. The number of methoxy groups -OCH3 is 1. The Balaban J connectivity index is 1.87. The molecule has 0 amide bonds. The van der Waals surface area contributed by atoms with E-state index in [0.29, 0.717) is 25.1 Å². The summed E-state index contributed by atoms with van der Waals surface area (Å²) in [6, 6.07) is 9.63. The van der Waals surface area contributed by atoms with Gasteiger partial charge in [-0.2, -0.15) is 0 Å². The topological polar surface area (TPSA) is 113 Å². The van der Waals surface area contributed by atoms with Crippen LogP contribution in [0.4, 0.5) is 10.1 Å². The molecule has 1 fully saturated rings. The van der Waals surface area contributed by atoms with Crippen LogP contribution in [0.5, 0.6) is 0 Å².